The standard InChI is InChI=1S/C26H22F4N8/c1-15-12-31-22(33-23-7-8-32-36(23)2)10-20(15)16-9-21-24-34-35-25(38(24)19(11-27)14-37(21)13-16)26(29,30)17-3-5-18(28)6-4-17/h3-10,12-13,19H,11,14H2,1-2H3,(H,31,33)/t19-/m0/s1. The fraction of sp³-hybridized carbons (Fsp3) is 0.231. The molecule has 4 aromatic heterocycles. The fourth-order valence-electron chi connectivity index (χ4n) is 4.77. The number of aromatic nitrogens is 7. The van der Waals surface area contributed by atoms with E-state index in [0.717, 1.165) is 51.3 Å². The summed E-state index contributed by atoms with van der Waals surface area (Å²) in [7, 11) is 1.81. The molecule has 1 atom stereocenters. The smallest absolute Gasteiger partial charge is 0.332 e. The van der Waals surface area contributed by atoms with Gasteiger partial charge in [-0.15, -0.1) is 10.2 Å². The predicted molar refractivity (Wildman–Crippen MR) is 132 cm³/mol. The maximum absolute atomic E-state index is 15.5. The second-order valence-corrected chi connectivity index (χ2v) is 9.22. The summed E-state index contributed by atoms with van der Waals surface area (Å²) in [6, 6.07) is 8.49. The van der Waals surface area contributed by atoms with E-state index in [9.17, 15) is 8.78 Å². The van der Waals surface area contributed by atoms with E-state index in [-0.39, 0.29) is 12.4 Å². The Morgan fingerprint density at radius 2 is 1.89 bits per heavy atom. The lowest BCUT2D eigenvalue weighted by Gasteiger charge is -2.28. The molecule has 5 heterocycles. The van der Waals surface area contributed by atoms with Crippen LogP contribution in [0.5, 0.6) is 0 Å². The number of halogens is 4. The number of pyridine rings is 1. The number of nitrogens with zero attached hydrogens (tertiary/aromatic N) is 7. The van der Waals surface area contributed by atoms with E-state index in [1.807, 2.05) is 38.4 Å². The fourth-order valence-corrected chi connectivity index (χ4v) is 4.77. The first-order valence-electron chi connectivity index (χ1n) is 11.8. The molecule has 0 saturated heterocycles. The maximum atomic E-state index is 15.5. The van der Waals surface area contributed by atoms with E-state index >= 15 is 8.78 Å². The van der Waals surface area contributed by atoms with Crippen LogP contribution in [-0.4, -0.2) is 40.8 Å². The predicted octanol–water partition coefficient (Wildman–Crippen LogP) is 5.40. The zero-order chi connectivity index (χ0) is 26.6. The van der Waals surface area contributed by atoms with Gasteiger partial charge in [-0.1, -0.05) is 0 Å². The lowest BCUT2D eigenvalue weighted by molar-refractivity contribution is 0.0257. The maximum Gasteiger partial charge on any atom is 0.332 e. The number of anilines is 2. The molecule has 0 bridgehead atoms. The van der Waals surface area contributed by atoms with E-state index in [1.165, 1.54) is 0 Å². The Hall–Kier alpha value is -4.48. The summed E-state index contributed by atoms with van der Waals surface area (Å²) in [6.07, 6.45) is 5.26. The molecule has 0 unspecified atom stereocenters. The second-order valence-electron chi connectivity index (χ2n) is 9.22. The molecule has 0 spiro atoms. The Morgan fingerprint density at radius 3 is 2.61 bits per heavy atom. The van der Waals surface area contributed by atoms with Crippen LogP contribution in [0.3, 0.4) is 0 Å². The molecule has 0 radical (unpaired) electrons. The number of hydrogen-bond acceptors (Lipinski definition) is 5. The molecular weight excluding hydrogens is 500 g/mol. The molecule has 0 saturated carbocycles. The molecule has 8 nitrogen and oxygen atoms in total. The van der Waals surface area contributed by atoms with Crippen molar-refractivity contribution in [3.05, 3.63) is 83.8 Å². The Balaban J connectivity index is 1.41. The molecule has 1 N–H and O–H groups in total. The second kappa shape index (κ2) is 8.82. The Kier molecular flexibility index (Phi) is 5.55. The van der Waals surface area contributed by atoms with Gasteiger partial charge in [-0.05, 0) is 54.4 Å². The normalized spacial score (nSPS) is 14.8. The molecule has 38 heavy (non-hydrogen) atoms. The monoisotopic (exact) mass is 522 g/mol. The van der Waals surface area contributed by atoms with Crippen molar-refractivity contribution in [1.82, 2.24) is 34.1 Å². The van der Waals surface area contributed by atoms with E-state index in [2.05, 4.69) is 25.6 Å². The third-order valence-electron chi connectivity index (χ3n) is 6.75. The minimum Gasteiger partial charge on any atom is -0.342 e. The van der Waals surface area contributed by atoms with Crippen molar-refractivity contribution >= 4 is 11.6 Å². The summed E-state index contributed by atoms with van der Waals surface area (Å²) in [5, 5.41) is 15.2. The minimum absolute atomic E-state index is 0.119. The lowest BCUT2D eigenvalue weighted by atomic mass is 10.0. The average molecular weight is 523 g/mol. The molecule has 1 aliphatic heterocycles. The van der Waals surface area contributed by atoms with Crippen LogP contribution < -0.4 is 5.32 Å². The van der Waals surface area contributed by atoms with Crippen LogP contribution in [0.15, 0.2) is 61.1 Å². The molecule has 0 fully saturated rings. The van der Waals surface area contributed by atoms with Crippen LogP contribution in [0.2, 0.25) is 0 Å². The number of rotatable bonds is 6. The molecule has 0 aliphatic carbocycles. The van der Waals surface area contributed by atoms with Gasteiger partial charge < -0.3 is 9.88 Å². The Labute approximate surface area is 214 Å². The van der Waals surface area contributed by atoms with Crippen LogP contribution >= 0.6 is 0 Å². The first kappa shape index (κ1) is 23.9. The number of fused-ring (bicyclic) bond motifs is 3. The molecule has 194 valence electrons. The zero-order valence-electron chi connectivity index (χ0n) is 20.4. The first-order chi connectivity index (χ1) is 18.3. The Morgan fingerprint density at radius 1 is 1.11 bits per heavy atom. The van der Waals surface area contributed by atoms with Crippen molar-refractivity contribution in [3.8, 4) is 22.6 Å². The summed E-state index contributed by atoms with van der Waals surface area (Å²) in [5.74, 6) is -3.41. The van der Waals surface area contributed by atoms with E-state index < -0.39 is 35.8 Å². The van der Waals surface area contributed by atoms with Crippen molar-refractivity contribution in [2.75, 3.05) is 12.0 Å². The third kappa shape index (κ3) is 3.83. The van der Waals surface area contributed by atoms with Crippen LogP contribution in [0, 0.1) is 12.7 Å². The summed E-state index contributed by atoms with van der Waals surface area (Å²) in [6.45, 7) is 1.15. The number of aryl methyl sites for hydroxylation is 2. The minimum atomic E-state index is -3.60. The van der Waals surface area contributed by atoms with Gasteiger partial charge in [0.1, 0.15) is 24.1 Å². The van der Waals surface area contributed by atoms with Gasteiger partial charge in [0.2, 0.25) is 5.82 Å². The van der Waals surface area contributed by atoms with Crippen molar-refractivity contribution < 1.29 is 17.6 Å². The van der Waals surface area contributed by atoms with Gasteiger partial charge >= 0.3 is 5.92 Å². The molecule has 5 aromatic rings. The molecule has 6 rings (SSSR count). The van der Waals surface area contributed by atoms with Gasteiger partial charge in [-0.3, -0.25) is 9.25 Å². The van der Waals surface area contributed by atoms with E-state index in [0.29, 0.717) is 11.5 Å². The SMILES string of the molecule is Cc1cnc(Nc2ccnn2C)cc1-c1cc2n(c1)C[C@H](CF)n1c-2nnc1C(F)(F)c1ccc(F)cc1. The highest BCUT2D eigenvalue weighted by Gasteiger charge is 2.43. The summed E-state index contributed by atoms with van der Waals surface area (Å²) in [5.41, 5.74) is 2.65. The van der Waals surface area contributed by atoms with E-state index in [1.54, 1.807) is 21.6 Å². The molecule has 1 aliphatic rings. The Bertz CT molecular complexity index is 1630. The van der Waals surface area contributed by atoms with Crippen molar-refractivity contribution in [3.63, 3.8) is 0 Å². The van der Waals surface area contributed by atoms with Gasteiger partial charge in [0.15, 0.2) is 5.82 Å². The third-order valence-corrected chi connectivity index (χ3v) is 6.75. The van der Waals surface area contributed by atoms with Crippen LogP contribution in [0.25, 0.3) is 22.6 Å². The number of alkyl halides is 3. The van der Waals surface area contributed by atoms with Crippen LogP contribution in [0.4, 0.5) is 29.2 Å². The lowest BCUT2D eigenvalue weighted by Crippen LogP contribution is -2.30. The highest BCUT2D eigenvalue weighted by molar-refractivity contribution is 5.75. The summed E-state index contributed by atoms with van der Waals surface area (Å²) < 4.78 is 63.2. The molecule has 12 heteroatoms. The molecule has 1 aromatic carbocycles. The van der Waals surface area contributed by atoms with Crippen molar-refractivity contribution in [1.29, 1.82) is 0 Å². The first-order valence-corrected chi connectivity index (χ1v) is 11.8. The van der Waals surface area contributed by atoms with Crippen molar-refractivity contribution in [2.24, 2.45) is 7.05 Å². The van der Waals surface area contributed by atoms with E-state index in [4.69, 9.17) is 0 Å². The summed E-state index contributed by atoms with van der Waals surface area (Å²) in [4.78, 5) is 4.45. The van der Waals surface area contributed by atoms with Crippen LogP contribution in [-0.2, 0) is 19.5 Å². The molecule has 0 amide bonds. The van der Waals surface area contributed by atoms with Crippen molar-refractivity contribution in [2.45, 2.75) is 25.4 Å². The largest absolute Gasteiger partial charge is 0.342 e. The highest BCUT2D eigenvalue weighted by Crippen LogP contribution is 2.41. The van der Waals surface area contributed by atoms with Gasteiger partial charge in [0.25, 0.3) is 0 Å². The number of hydrogen-bond donors (Lipinski definition) is 1. The van der Waals surface area contributed by atoms with Gasteiger partial charge in [-0.2, -0.15) is 13.9 Å². The average Bonchev–Trinajstić information content (AvgIpc) is 3.63. The van der Waals surface area contributed by atoms with Gasteiger partial charge in [-0.25, -0.2) is 13.8 Å². The summed E-state index contributed by atoms with van der Waals surface area (Å²) >= 11 is 0. The zero-order valence-corrected chi connectivity index (χ0v) is 20.4. The molecular formula is C26H22F4N8. The highest BCUT2D eigenvalue weighted by atomic mass is 19.3. The van der Waals surface area contributed by atoms with Gasteiger partial charge in [0.05, 0.1) is 17.9 Å². The quantitative estimate of drug-likeness (QED) is 0.302. The van der Waals surface area contributed by atoms with Crippen LogP contribution in [0.1, 0.15) is 23.0 Å². The van der Waals surface area contributed by atoms with Gasteiger partial charge in [0, 0.05) is 43.2 Å². The number of nitrogens with one attached hydrogen (secondary N) is 1. The topological polar surface area (TPSA) is 78.4 Å². The number of benzene rings is 1.